The van der Waals surface area contributed by atoms with E-state index < -0.39 is 0 Å². The Morgan fingerprint density at radius 2 is 1.64 bits per heavy atom. The maximum Gasteiger partial charge on any atom is 0.220 e. The van der Waals surface area contributed by atoms with E-state index in [0.717, 1.165) is 24.7 Å². The number of piperidine rings is 2. The van der Waals surface area contributed by atoms with Gasteiger partial charge in [0.25, 0.3) is 0 Å². The van der Waals surface area contributed by atoms with Crippen molar-refractivity contribution in [3.63, 3.8) is 0 Å². The van der Waals surface area contributed by atoms with Gasteiger partial charge in [0.05, 0.1) is 5.69 Å². The van der Waals surface area contributed by atoms with Gasteiger partial charge in [-0.25, -0.2) is 9.97 Å². The van der Waals surface area contributed by atoms with Gasteiger partial charge in [0, 0.05) is 29.8 Å². The van der Waals surface area contributed by atoms with Crippen LogP contribution >= 0.6 is 0 Å². The van der Waals surface area contributed by atoms with E-state index in [1.165, 1.54) is 74.1 Å². The Labute approximate surface area is 196 Å². The summed E-state index contributed by atoms with van der Waals surface area (Å²) in [7, 11) is 0. The summed E-state index contributed by atoms with van der Waals surface area (Å²) in [6.45, 7) is 5.86. The van der Waals surface area contributed by atoms with Crippen LogP contribution < -0.4 is 5.73 Å². The van der Waals surface area contributed by atoms with Crippen LogP contribution in [0.25, 0.3) is 11.3 Å². The minimum absolute atomic E-state index is 0.202. The first-order valence-corrected chi connectivity index (χ1v) is 12.4. The molecule has 6 rings (SSSR count). The average molecular weight is 440 g/mol. The van der Waals surface area contributed by atoms with E-state index in [0.29, 0.717) is 5.95 Å². The van der Waals surface area contributed by atoms with E-state index in [4.69, 9.17) is 5.73 Å². The van der Waals surface area contributed by atoms with Crippen molar-refractivity contribution in [3.05, 3.63) is 77.5 Å². The van der Waals surface area contributed by atoms with Crippen LogP contribution in [0.15, 0.2) is 60.8 Å². The summed E-state index contributed by atoms with van der Waals surface area (Å²) in [5.41, 5.74) is 12.6. The molecule has 1 aliphatic carbocycles. The van der Waals surface area contributed by atoms with Crippen LogP contribution in [0.5, 0.6) is 0 Å². The van der Waals surface area contributed by atoms with E-state index in [1.807, 2.05) is 6.20 Å². The first-order valence-electron chi connectivity index (χ1n) is 12.4. The number of anilines is 1. The zero-order valence-electron chi connectivity index (χ0n) is 19.3. The van der Waals surface area contributed by atoms with Crippen LogP contribution in [0.4, 0.5) is 5.95 Å². The predicted molar refractivity (Wildman–Crippen MR) is 133 cm³/mol. The van der Waals surface area contributed by atoms with Crippen molar-refractivity contribution in [1.29, 1.82) is 0 Å². The van der Waals surface area contributed by atoms with E-state index in [-0.39, 0.29) is 5.41 Å². The molecule has 5 nitrogen and oxygen atoms in total. The van der Waals surface area contributed by atoms with Crippen molar-refractivity contribution in [2.24, 2.45) is 0 Å². The second-order valence-electron chi connectivity index (χ2n) is 10.1. The molecule has 5 heteroatoms. The number of nitrogen functional groups attached to an aromatic ring is 1. The Morgan fingerprint density at radius 3 is 2.42 bits per heavy atom. The van der Waals surface area contributed by atoms with E-state index in [2.05, 4.69) is 74.4 Å². The molecule has 170 valence electrons. The lowest BCUT2D eigenvalue weighted by atomic mass is 9.64. The topological polar surface area (TPSA) is 58.3 Å². The van der Waals surface area contributed by atoms with Gasteiger partial charge in [-0.05, 0) is 75.0 Å². The van der Waals surface area contributed by atoms with Crippen molar-refractivity contribution in [2.45, 2.75) is 50.1 Å². The van der Waals surface area contributed by atoms with Crippen LogP contribution in [-0.4, -0.2) is 52.0 Å². The molecular formula is C28H33N5. The Kier molecular flexibility index (Phi) is 5.39. The summed E-state index contributed by atoms with van der Waals surface area (Å²) in [5.74, 6) is 0.368. The maximum absolute atomic E-state index is 5.93. The molecule has 0 amide bonds. The molecule has 2 aliphatic heterocycles. The van der Waals surface area contributed by atoms with Crippen LogP contribution in [0.2, 0.25) is 0 Å². The normalized spacial score (nSPS) is 21.0. The molecule has 3 heterocycles. The number of likely N-dealkylation sites (tertiary alicyclic amines) is 2. The lowest BCUT2D eigenvalue weighted by Gasteiger charge is -2.48. The number of benzene rings is 2. The summed E-state index contributed by atoms with van der Waals surface area (Å²) >= 11 is 0. The number of hydrogen-bond acceptors (Lipinski definition) is 5. The molecule has 2 fully saturated rings. The van der Waals surface area contributed by atoms with Crippen molar-refractivity contribution in [1.82, 2.24) is 19.8 Å². The fraction of sp³-hybridized carbons (Fsp3) is 0.429. The first kappa shape index (κ1) is 20.8. The van der Waals surface area contributed by atoms with Crippen molar-refractivity contribution >= 4 is 5.95 Å². The number of nitrogens with zero attached hydrogens (tertiary/aromatic N) is 4. The van der Waals surface area contributed by atoms with Gasteiger partial charge in [0.2, 0.25) is 5.95 Å². The van der Waals surface area contributed by atoms with Gasteiger partial charge < -0.3 is 10.6 Å². The van der Waals surface area contributed by atoms with Gasteiger partial charge in [-0.15, -0.1) is 0 Å². The molecule has 0 bridgehead atoms. The van der Waals surface area contributed by atoms with Gasteiger partial charge in [-0.1, -0.05) is 54.6 Å². The van der Waals surface area contributed by atoms with Crippen molar-refractivity contribution < 1.29 is 0 Å². The highest BCUT2D eigenvalue weighted by atomic mass is 15.2. The first-order chi connectivity index (χ1) is 16.2. The second kappa shape index (κ2) is 8.54. The molecule has 2 N–H and O–H groups in total. The zero-order chi connectivity index (χ0) is 22.3. The Balaban J connectivity index is 1.13. The molecule has 33 heavy (non-hydrogen) atoms. The van der Waals surface area contributed by atoms with Gasteiger partial charge in [0.1, 0.15) is 0 Å². The fourth-order valence-corrected chi connectivity index (χ4v) is 6.44. The predicted octanol–water partition coefficient (Wildman–Crippen LogP) is 4.28. The molecule has 2 aromatic carbocycles. The minimum Gasteiger partial charge on any atom is -0.368 e. The average Bonchev–Trinajstić information content (AvgIpc) is 2.87. The Hall–Kier alpha value is -2.76. The van der Waals surface area contributed by atoms with E-state index in [1.54, 1.807) is 0 Å². The van der Waals surface area contributed by atoms with Crippen LogP contribution in [0.3, 0.4) is 0 Å². The fourth-order valence-electron chi connectivity index (χ4n) is 6.44. The van der Waals surface area contributed by atoms with E-state index in [9.17, 15) is 0 Å². The molecule has 3 aliphatic rings. The molecule has 0 unspecified atom stereocenters. The number of hydrogen-bond donors (Lipinski definition) is 1. The lowest BCUT2D eigenvalue weighted by Crippen LogP contribution is -2.51. The summed E-state index contributed by atoms with van der Waals surface area (Å²) in [5, 5.41) is 0. The number of rotatable bonds is 3. The molecular weight excluding hydrogens is 406 g/mol. The van der Waals surface area contributed by atoms with E-state index >= 15 is 0 Å². The molecule has 2 saturated heterocycles. The molecule has 1 spiro atoms. The summed E-state index contributed by atoms with van der Waals surface area (Å²) in [6.07, 6.45) is 7.97. The molecule has 0 saturated carbocycles. The SMILES string of the molecule is Nc1ncc2c(n1)-c1ccccc1C1(CCN(C3CCN(Cc4ccccc4)CC3)CC1)C2. The van der Waals surface area contributed by atoms with Gasteiger partial charge >= 0.3 is 0 Å². The van der Waals surface area contributed by atoms with Crippen molar-refractivity contribution in [3.8, 4) is 11.3 Å². The molecule has 3 aromatic rings. The van der Waals surface area contributed by atoms with Crippen LogP contribution in [-0.2, 0) is 18.4 Å². The largest absolute Gasteiger partial charge is 0.368 e. The summed E-state index contributed by atoms with van der Waals surface area (Å²) in [6, 6.07) is 20.5. The monoisotopic (exact) mass is 439 g/mol. The standard InChI is InChI=1S/C28H33N5/c29-27-30-19-22-18-28(25-9-5-4-8-24(25)26(22)31-27)12-16-33(17-13-28)23-10-14-32(15-11-23)20-21-6-2-1-3-7-21/h1-9,19,23H,10-18,20H2,(H2,29,30,31). The second-order valence-corrected chi connectivity index (χ2v) is 10.1. The summed E-state index contributed by atoms with van der Waals surface area (Å²) in [4.78, 5) is 14.3. The third-order valence-corrected chi connectivity index (χ3v) is 8.24. The highest BCUT2D eigenvalue weighted by molar-refractivity contribution is 5.72. The minimum atomic E-state index is 0.202. The highest BCUT2D eigenvalue weighted by Crippen LogP contribution is 2.48. The third kappa shape index (κ3) is 3.94. The van der Waals surface area contributed by atoms with Crippen LogP contribution in [0, 0.1) is 0 Å². The number of fused-ring (bicyclic) bond motifs is 4. The van der Waals surface area contributed by atoms with Crippen LogP contribution in [0.1, 0.15) is 42.4 Å². The lowest BCUT2D eigenvalue weighted by molar-refractivity contribution is 0.0656. The van der Waals surface area contributed by atoms with Gasteiger partial charge in [-0.2, -0.15) is 0 Å². The molecule has 0 radical (unpaired) electrons. The number of nitrogens with two attached hydrogens (primary N) is 1. The third-order valence-electron chi connectivity index (χ3n) is 8.24. The van der Waals surface area contributed by atoms with Crippen molar-refractivity contribution in [2.75, 3.05) is 31.9 Å². The Bertz CT molecular complexity index is 1110. The maximum atomic E-state index is 5.93. The highest BCUT2D eigenvalue weighted by Gasteiger charge is 2.43. The Morgan fingerprint density at radius 1 is 0.909 bits per heavy atom. The van der Waals surface area contributed by atoms with Gasteiger partial charge in [0.15, 0.2) is 0 Å². The number of aromatic nitrogens is 2. The molecule has 1 aromatic heterocycles. The smallest absolute Gasteiger partial charge is 0.220 e. The molecule has 0 atom stereocenters. The summed E-state index contributed by atoms with van der Waals surface area (Å²) < 4.78 is 0. The van der Waals surface area contributed by atoms with Gasteiger partial charge in [-0.3, -0.25) is 4.90 Å². The quantitative estimate of drug-likeness (QED) is 0.660. The zero-order valence-corrected chi connectivity index (χ0v) is 19.3.